The first-order valence-electron chi connectivity index (χ1n) is 10.2. The van der Waals surface area contributed by atoms with Crippen molar-refractivity contribution in [1.82, 2.24) is 20.3 Å². The fraction of sp³-hybridized carbons (Fsp3) is 0.167. The summed E-state index contributed by atoms with van der Waals surface area (Å²) in [7, 11) is 0. The van der Waals surface area contributed by atoms with Gasteiger partial charge in [-0.25, -0.2) is 9.78 Å². The number of aromatic amines is 1. The maximum absolute atomic E-state index is 12.9. The van der Waals surface area contributed by atoms with Gasteiger partial charge in [-0.2, -0.15) is 0 Å². The number of imidazole rings is 1. The largest absolute Gasteiger partial charge is 0.464 e. The molecule has 0 saturated carbocycles. The number of hydrogen-bond donors (Lipinski definition) is 2. The zero-order valence-electron chi connectivity index (χ0n) is 17.4. The fourth-order valence-corrected chi connectivity index (χ4v) is 4.07. The normalized spacial score (nSPS) is 11.8. The van der Waals surface area contributed by atoms with Crippen molar-refractivity contribution < 1.29 is 14.3 Å². The van der Waals surface area contributed by atoms with Crippen molar-refractivity contribution >= 4 is 34.7 Å². The number of fused-ring (bicyclic) bond motifs is 1. The number of aromatic nitrogens is 3. The van der Waals surface area contributed by atoms with E-state index in [4.69, 9.17) is 4.74 Å². The number of ether oxygens (including phenoxy) is 1. The number of nitrogens with zero attached hydrogens (tertiary/aromatic N) is 2. The van der Waals surface area contributed by atoms with E-state index in [1.807, 2.05) is 42.5 Å². The minimum atomic E-state index is -0.766. The van der Waals surface area contributed by atoms with Gasteiger partial charge in [0.05, 0.1) is 17.6 Å². The fourth-order valence-electron chi connectivity index (χ4n) is 3.15. The number of esters is 1. The lowest BCUT2D eigenvalue weighted by molar-refractivity contribution is -0.144. The van der Waals surface area contributed by atoms with Gasteiger partial charge < -0.3 is 15.0 Å². The van der Waals surface area contributed by atoms with Gasteiger partial charge in [0.2, 0.25) is 0 Å². The Kier molecular flexibility index (Phi) is 6.81. The minimum Gasteiger partial charge on any atom is -0.464 e. The highest BCUT2D eigenvalue weighted by Crippen LogP contribution is 2.22. The molecule has 7 nitrogen and oxygen atoms in total. The molecule has 0 aliphatic carbocycles. The number of H-pyrrole nitrogens is 1. The highest BCUT2D eigenvalue weighted by Gasteiger charge is 2.23. The summed E-state index contributed by atoms with van der Waals surface area (Å²) in [5.41, 5.74) is 2.81. The first-order chi connectivity index (χ1) is 15.6. The molecule has 4 aromatic rings. The van der Waals surface area contributed by atoms with E-state index < -0.39 is 12.0 Å². The third-order valence-electron chi connectivity index (χ3n) is 4.73. The van der Waals surface area contributed by atoms with Crippen LogP contribution in [0.2, 0.25) is 0 Å². The van der Waals surface area contributed by atoms with Crippen molar-refractivity contribution in [2.24, 2.45) is 0 Å². The van der Waals surface area contributed by atoms with Gasteiger partial charge in [-0.3, -0.25) is 9.78 Å². The highest BCUT2D eigenvalue weighted by molar-refractivity contribution is 7.99. The van der Waals surface area contributed by atoms with Crippen LogP contribution >= 0.6 is 11.8 Å². The molecule has 0 fully saturated rings. The molecule has 32 heavy (non-hydrogen) atoms. The lowest BCUT2D eigenvalue weighted by Crippen LogP contribution is -2.43. The molecule has 0 unspecified atom stereocenters. The van der Waals surface area contributed by atoms with Crippen molar-refractivity contribution in [3.63, 3.8) is 0 Å². The zero-order chi connectivity index (χ0) is 22.3. The predicted octanol–water partition coefficient (Wildman–Crippen LogP) is 4.08. The summed E-state index contributed by atoms with van der Waals surface area (Å²) in [5, 5.41) is 2.81. The Morgan fingerprint density at radius 2 is 1.88 bits per heavy atom. The Labute approximate surface area is 189 Å². The molecule has 0 saturated heterocycles. The van der Waals surface area contributed by atoms with Crippen LogP contribution in [0.4, 0.5) is 0 Å². The van der Waals surface area contributed by atoms with Crippen molar-refractivity contribution in [2.45, 2.75) is 17.9 Å². The average Bonchev–Trinajstić information content (AvgIpc) is 3.26. The third kappa shape index (κ3) is 5.15. The van der Waals surface area contributed by atoms with Gasteiger partial charge in [0, 0.05) is 34.2 Å². The van der Waals surface area contributed by atoms with Crippen LogP contribution in [0.15, 0.2) is 78.0 Å². The lowest BCUT2D eigenvalue weighted by Gasteiger charge is -2.17. The molecule has 2 N–H and O–H groups in total. The zero-order valence-corrected chi connectivity index (χ0v) is 18.3. The Balaban J connectivity index is 1.50. The van der Waals surface area contributed by atoms with Crippen molar-refractivity contribution in [3.8, 4) is 11.4 Å². The van der Waals surface area contributed by atoms with Gasteiger partial charge in [0.1, 0.15) is 11.9 Å². The van der Waals surface area contributed by atoms with E-state index in [9.17, 15) is 9.59 Å². The topological polar surface area (TPSA) is 97.0 Å². The SMILES string of the molecule is CCOC(=O)[C@H](CSc1ccccc1)NC(=O)c1ccc2nc(-c3ccncc3)[nH]c2c1. The molecule has 2 aromatic heterocycles. The van der Waals surface area contributed by atoms with Crippen LogP contribution in [-0.2, 0) is 9.53 Å². The van der Waals surface area contributed by atoms with Crippen molar-refractivity contribution in [1.29, 1.82) is 0 Å². The van der Waals surface area contributed by atoms with Crippen LogP contribution in [0.1, 0.15) is 17.3 Å². The average molecular weight is 447 g/mol. The number of rotatable bonds is 8. The van der Waals surface area contributed by atoms with E-state index in [1.165, 1.54) is 11.8 Å². The number of nitrogens with one attached hydrogen (secondary N) is 2. The molecule has 2 aromatic carbocycles. The molecule has 8 heteroatoms. The van der Waals surface area contributed by atoms with E-state index in [1.54, 1.807) is 37.5 Å². The summed E-state index contributed by atoms with van der Waals surface area (Å²) in [6.45, 7) is 1.99. The van der Waals surface area contributed by atoms with Crippen LogP contribution in [0.25, 0.3) is 22.4 Å². The van der Waals surface area contributed by atoms with Gasteiger partial charge in [-0.15, -0.1) is 11.8 Å². The first-order valence-corrected chi connectivity index (χ1v) is 11.2. The summed E-state index contributed by atoms with van der Waals surface area (Å²) in [5.74, 6) is 0.266. The first kappa shape index (κ1) is 21.6. The number of carbonyl (C=O) groups excluding carboxylic acids is 2. The van der Waals surface area contributed by atoms with Gasteiger partial charge in [0.25, 0.3) is 5.91 Å². The number of hydrogen-bond acceptors (Lipinski definition) is 6. The van der Waals surface area contributed by atoms with E-state index in [2.05, 4.69) is 20.3 Å². The van der Waals surface area contributed by atoms with E-state index in [0.29, 0.717) is 17.1 Å². The van der Waals surface area contributed by atoms with Crippen molar-refractivity contribution in [3.05, 3.63) is 78.6 Å². The Morgan fingerprint density at radius 1 is 1.09 bits per heavy atom. The van der Waals surface area contributed by atoms with E-state index in [-0.39, 0.29) is 12.5 Å². The van der Waals surface area contributed by atoms with Crippen LogP contribution in [0.3, 0.4) is 0 Å². The van der Waals surface area contributed by atoms with Gasteiger partial charge >= 0.3 is 5.97 Å². The molecule has 2 heterocycles. The number of amides is 1. The summed E-state index contributed by atoms with van der Waals surface area (Å²) >= 11 is 1.49. The van der Waals surface area contributed by atoms with E-state index in [0.717, 1.165) is 21.5 Å². The Bertz CT molecular complexity index is 1210. The number of thioether (sulfide) groups is 1. The summed E-state index contributed by atoms with van der Waals surface area (Å²) in [6, 6.07) is 17.9. The quantitative estimate of drug-likeness (QED) is 0.313. The Morgan fingerprint density at radius 3 is 2.62 bits per heavy atom. The molecule has 1 atom stereocenters. The molecule has 4 rings (SSSR count). The molecule has 162 valence electrons. The smallest absolute Gasteiger partial charge is 0.329 e. The van der Waals surface area contributed by atoms with Gasteiger partial charge in [-0.05, 0) is 49.4 Å². The second-order valence-corrected chi connectivity index (χ2v) is 8.05. The number of benzene rings is 2. The molecule has 1 amide bonds. The lowest BCUT2D eigenvalue weighted by atomic mass is 10.1. The van der Waals surface area contributed by atoms with Gasteiger partial charge in [-0.1, -0.05) is 18.2 Å². The molecule has 0 radical (unpaired) electrons. The molecule has 0 spiro atoms. The summed E-state index contributed by atoms with van der Waals surface area (Å²) < 4.78 is 5.16. The van der Waals surface area contributed by atoms with Crippen LogP contribution in [0, 0.1) is 0 Å². The highest BCUT2D eigenvalue weighted by atomic mass is 32.2. The monoisotopic (exact) mass is 446 g/mol. The molecular weight excluding hydrogens is 424 g/mol. The standard InChI is InChI=1S/C24H22N4O3S/c1-2-31-24(30)21(15-32-18-6-4-3-5-7-18)28-23(29)17-8-9-19-20(14-17)27-22(26-19)16-10-12-25-13-11-16/h3-14,21H,2,15H2,1H3,(H,26,27)(H,28,29)/t21-/m0/s1. The van der Waals surface area contributed by atoms with Crippen LogP contribution < -0.4 is 5.32 Å². The van der Waals surface area contributed by atoms with E-state index >= 15 is 0 Å². The predicted molar refractivity (Wildman–Crippen MR) is 124 cm³/mol. The van der Waals surface area contributed by atoms with Crippen LogP contribution in [-0.4, -0.2) is 45.2 Å². The number of pyridine rings is 1. The summed E-state index contributed by atoms with van der Waals surface area (Å²) in [6.07, 6.45) is 3.40. The van der Waals surface area contributed by atoms with Crippen molar-refractivity contribution in [2.75, 3.05) is 12.4 Å². The molecular formula is C24H22N4O3S. The second-order valence-electron chi connectivity index (χ2n) is 6.96. The Hall–Kier alpha value is -3.65. The molecule has 0 bridgehead atoms. The maximum atomic E-state index is 12.9. The molecule has 0 aliphatic heterocycles. The van der Waals surface area contributed by atoms with Gasteiger partial charge in [0.15, 0.2) is 0 Å². The minimum absolute atomic E-state index is 0.249. The summed E-state index contributed by atoms with van der Waals surface area (Å²) in [4.78, 5) is 38.2. The number of carbonyl (C=O) groups is 2. The maximum Gasteiger partial charge on any atom is 0.329 e. The third-order valence-corrected chi connectivity index (χ3v) is 5.84. The molecule has 0 aliphatic rings. The van der Waals surface area contributed by atoms with Crippen LogP contribution in [0.5, 0.6) is 0 Å². The second kappa shape index (κ2) is 10.1.